The molecule has 1 aromatic heterocycles. The lowest BCUT2D eigenvalue weighted by Gasteiger charge is -2.05. The zero-order chi connectivity index (χ0) is 11.1. The molecule has 2 N–H and O–H groups in total. The fourth-order valence-electron chi connectivity index (χ4n) is 0.879. The molecule has 4 nitrogen and oxygen atoms in total. The van der Waals surface area contributed by atoms with Crippen molar-refractivity contribution in [2.45, 2.75) is 6.42 Å². The third-order valence-corrected chi connectivity index (χ3v) is 1.56. The van der Waals surface area contributed by atoms with Gasteiger partial charge >= 0.3 is 6.03 Å². The Morgan fingerprint density at radius 1 is 1.47 bits per heavy atom. The minimum atomic E-state index is -0.484. The molecule has 1 heterocycles. The Morgan fingerprint density at radius 2 is 2.27 bits per heavy atom. The smallest absolute Gasteiger partial charge is 0.320 e. The summed E-state index contributed by atoms with van der Waals surface area (Å²) in [6.07, 6.45) is 1.27. The van der Waals surface area contributed by atoms with E-state index in [2.05, 4.69) is 15.6 Å². The van der Waals surface area contributed by atoms with Gasteiger partial charge in [0.15, 0.2) is 0 Å². The standard InChI is InChI=1S/C9H11F2N3O/c10-4-1-5-12-9(15)14-8-3-2-7(11)6-13-8/h2-3,6H,1,4-5H2,(H2,12,13,14,15). The largest absolute Gasteiger partial charge is 0.338 e. The van der Waals surface area contributed by atoms with E-state index in [0.29, 0.717) is 0 Å². The highest BCUT2D eigenvalue weighted by Crippen LogP contribution is 2.02. The van der Waals surface area contributed by atoms with Crippen LogP contribution >= 0.6 is 0 Å². The average molecular weight is 215 g/mol. The number of hydrogen-bond donors (Lipinski definition) is 2. The zero-order valence-corrected chi connectivity index (χ0v) is 7.96. The van der Waals surface area contributed by atoms with Crippen LogP contribution in [-0.2, 0) is 0 Å². The Labute approximate surface area is 85.7 Å². The molecule has 1 aromatic rings. The summed E-state index contributed by atoms with van der Waals surface area (Å²) in [5.74, 6) is -0.229. The lowest BCUT2D eigenvalue weighted by atomic mass is 10.4. The molecular formula is C9H11F2N3O. The summed E-state index contributed by atoms with van der Waals surface area (Å²) in [5, 5.41) is 4.80. The number of carbonyl (C=O) groups excluding carboxylic acids is 1. The molecule has 0 radical (unpaired) electrons. The monoisotopic (exact) mass is 215 g/mol. The van der Waals surface area contributed by atoms with Gasteiger partial charge in [-0.1, -0.05) is 0 Å². The molecule has 1 rings (SSSR count). The van der Waals surface area contributed by atoms with Gasteiger partial charge in [0, 0.05) is 6.54 Å². The second-order valence-electron chi connectivity index (χ2n) is 2.79. The van der Waals surface area contributed by atoms with Crippen molar-refractivity contribution >= 4 is 11.8 Å². The Balaban J connectivity index is 2.34. The highest BCUT2D eigenvalue weighted by molar-refractivity contribution is 5.88. The molecule has 15 heavy (non-hydrogen) atoms. The van der Waals surface area contributed by atoms with Crippen LogP contribution < -0.4 is 10.6 Å². The first-order valence-corrected chi connectivity index (χ1v) is 4.45. The third-order valence-electron chi connectivity index (χ3n) is 1.56. The van der Waals surface area contributed by atoms with Crippen molar-refractivity contribution in [1.29, 1.82) is 0 Å². The van der Waals surface area contributed by atoms with E-state index < -0.39 is 18.5 Å². The number of amides is 2. The number of carbonyl (C=O) groups is 1. The van der Waals surface area contributed by atoms with Gasteiger partial charge in [-0.2, -0.15) is 0 Å². The molecule has 82 valence electrons. The van der Waals surface area contributed by atoms with Crippen molar-refractivity contribution in [2.75, 3.05) is 18.5 Å². The third kappa shape index (κ3) is 4.35. The normalized spacial score (nSPS) is 9.73. The molecule has 0 aliphatic rings. The van der Waals surface area contributed by atoms with Gasteiger partial charge in [0.25, 0.3) is 0 Å². The van der Waals surface area contributed by atoms with Crippen molar-refractivity contribution < 1.29 is 13.6 Å². The highest BCUT2D eigenvalue weighted by atomic mass is 19.1. The summed E-state index contributed by atoms with van der Waals surface area (Å²) in [7, 11) is 0. The van der Waals surface area contributed by atoms with Gasteiger partial charge in [0.05, 0.1) is 12.9 Å². The minimum absolute atomic E-state index is 0.245. The molecule has 0 saturated heterocycles. The first-order valence-electron chi connectivity index (χ1n) is 4.45. The van der Waals surface area contributed by atoms with Crippen LogP contribution in [-0.4, -0.2) is 24.2 Å². The SMILES string of the molecule is O=C(NCCCF)Nc1ccc(F)cn1. The van der Waals surface area contributed by atoms with Gasteiger partial charge < -0.3 is 5.32 Å². The first-order chi connectivity index (χ1) is 7.22. The van der Waals surface area contributed by atoms with Crippen molar-refractivity contribution in [2.24, 2.45) is 0 Å². The Hall–Kier alpha value is -1.72. The number of nitrogens with zero attached hydrogens (tertiary/aromatic N) is 1. The molecule has 6 heteroatoms. The Kier molecular flexibility index (Phi) is 4.46. The second kappa shape index (κ2) is 5.90. The first kappa shape index (κ1) is 11.4. The van der Waals surface area contributed by atoms with Crippen molar-refractivity contribution in [3.63, 3.8) is 0 Å². The Bertz CT molecular complexity index is 316. The maximum Gasteiger partial charge on any atom is 0.320 e. The fraction of sp³-hybridized carbons (Fsp3) is 0.333. The van der Waals surface area contributed by atoms with Gasteiger partial charge in [-0.3, -0.25) is 9.71 Å². The molecule has 0 unspecified atom stereocenters. The summed E-state index contributed by atoms with van der Waals surface area (Å²) < 4.78 is 24.1. The van der Waals surface area contributed by atoms with Crippen LogP contribution in [0.4, 0.5) is 19.4 Å². The molecule has 0 aliphatic carbocycles. The van der Waals surface area contributed by atoms with E-state index in [0.717, 1.165) is 6.20 Å². The number of urea groups is 1. The number of nitrogens with one attached hydrogen (secondary N) is 2. The van der Waals surface area contributed by atoms with Crippen LogP contribution in [0.15, 0.2) is 18.3 Å². The summed E-state index contributed by atoms with van der Waals surface area (Å²) in [6.45, 7) is -0.224. The molecule has 0 aromatic carbocycles. The van der Waals surface area contributed by atoms with Gasteiger partial charge in [-0.25, -0.2) is 14.2 Å². The molecular weight excluding hydrogens is 204 g/mol. The summed E-state index contributed by atoms with van der Waals surface area (Å²) in [4.78, 5) is 14.7. The molecule has 0 spiro atoms. The molecule has 0 fully saturated rings. The van der Waals surface area contributed by atoms with Gasteiger partial charge in [-0.05, 0) is 18.6 Å². The van der Waals surface area contributed by atoms with Gasteiger partial charge in [0.2, 0.25) is 0 Å². The van der Waals surface area contributed by atoms with E-state index >= 15 is 0 Å². The molecule has 0 atom stereocenters. The second-order valence-corrected chi connectivity index (χ2v) is 2.79. The number of pyridine rings is 1. The molecule has 0 aliphatic heterocycles. The van der Waals surface area contributed by atoms with E-state index in [1.807, 2.05) is 0 Å². The van der Waals surface area contributed by atoms with Crippen LogP contribution in [0.3, 0.4) is 0 Å². The summed E-state index contributed by atoms with van der Waals surface area (Å²) in [6, 6.07) is 2.04. The average Bonchev–Trinajstić information content (AvgIpc) is 2.22. The number of halogens is 2. The van der Waals surface area contributed by atoms with E-state index in [-0.39, 0.29) is 18.8 Å². The van der Waals surface area contributed by atoms with Crippen LogP contribution in [0.1, 0.15) is 6.42 Å². The molecule has 0 bridgehead atoms. The summed E-state index contributed by atoms with van der Waals surface area (Å²) in [5.41, 5.74) is 0. The van der Waals surface area contributed by atoms with Crippen LogP contribution in [0, 0.1) is 5.82 Å². The van der Waals surface area contributed by atoms with E-state index in [4.69, 9.17) is 0 Å². The maximum atomic E-state index is 12.4. The Morgan fingerprint density at radius 3 is 2.87 bits per heavy atom. The number of aromatic nitrogens is 1. The van der Waals surface area contributed by atoms with Crippen molar-refractivity contribution in [1.82, 2.24) is 10.3 Å². The van der Waals surface area contributed by atoms with Gasteiger partial charge in [-0.15, -0.1) is 0 Å². The molecule has 2 amide bonds. The van der Waals surface area contributed by atoms with Gasteiger partial charge in [0.1, 0.15) is 11.6 Å². The van der Waals surface area contributed by atoms with Crippen LogP contribution in [0.2, 0.25) is 0 Å². The number of anilines is 1. The lowest BCUT2D eigenvalue weighted by molar-refractivity contribution is 0.251. The quantitative estimate of drug-likeness (QED) is 0.751. The topological polar surface area (TPSA) is 54.0 Å². The zero-order valence-electron chi connectivity index (χ0n) is 7.96. The number of hydrogen-bond acceptors (Lipinski definition) is 2. The number of alkyl halides is 1. The van der Waals surface area contributed by atoms with Crippen molar-refractivity contribution in [3.05, 3.63) is 24.1 Å². The number of rotatable bonds is 4. The highest BCUT2D eigenvalue weighted by Gasteiger charge is 2.01. The fourth-order valence-corrected chi connectivity index (χ4v) is 0.879. The van der Waals surface area contributed by atoms with Crippen LogP contribution in [0.5, 0.6) is 0 Å². The van der Waals surface area contributed by atoms with E-state index in [1.165, 1.54) is 12.1 Å². The van der Waals surface area contributed by atoms with E-state index in [9.17, 15) is 13.6 Å². The lowest BCUT2D eigenvalue weighted by Crippen LogP contribution is -2.30. The predicted molar refractivity (Wildman–Crippen MR) is 51.8 cm³/mol. The van der Waals surface area contributed by atoms with Crippen LogP contribution in [0.25, 0.3) is 0 Å². The maximum absolute atomic E-state index is 12.4. The van der Waals surface area contributed by atoms with E-state index in [1.54, 1.807) is 0 Å². The minimum Gasteiger partial charge on any atom is -0.338 e. The summed E-state index contributed by atoms with van der Waals surface area (Å²) >= 11 is 0. The van der Waals surface area contributed by atoms with Crippen molar-refractivity contribution in [3.8, 4) is 0 Å². The molecule has 0 saturated carbocycles. The predicted octanol–water partition coefficient (Wildman–Crippen LogP) is 1.70.